The van der Waals surface area contributed by atoms with Crippen LogP contribution in [0.3, 0.4) is 0 Å². The lowest BCUT2D eigenvalue weighted by Crippen LogP contribution is -2.36. The van der Waals surface area contributed by atoms with Crippen molar-refractivity contribution in [2.75, 3.05) is 0 Å². The summed E-state index contributed by atoms with van der Waals surface area (Å²) in [6, 6.07) is 4.69. The number of carbonyl (C=O) groups excluding carboxylic acids is 1. The zero-order chi connectivity index (χ0) is 18.4. The number of Topliss-reactive ketones (excluding diaryl/α,β-unsaturated/α-hetero) is 1. The minimum atomic E-state index is -4.65. The molecule has 2 fully saturated rings. The van der Waals surface area contributed by atoms with E-state index in [1.165, 1.54) is 12.1 Å². The molecule has 9 heteroatoms. The maximum absolute atomic E-state index is 13.0. The molecule has 3 rings (SSSR count). The molecular formula is C16H16F4O4S. The first-order valence-electron chi connectivity index (χ1n) is 7.83. The van der Waals surface area contributed by atoms with E-state index in [4.69, 9.17) is 0 Å². The Balaban J connectivity index is 1.77. The van der Waals surface area contributed by atoms with Gasteiger partial charge in [0.2, 0.25) is 0 Å². The smallest absolute Gasteiger partial charge is 0.428 e. The van der Waals surface area contributed by atoms with Gasteiger partial charge in [0.25, 0.3) is 0 Å². The Hall–Kier alpha value is -1.64. The fourth-order valence-electron chi connectivity index (χ4n) is 3.57. The Morgan fingerprint density at radius 2 is 1.76 bits per heavy atom. The van der Waals surface area contributed by atoms with Crippen LogP contribution in [0.2, 0.25) is 0 Å². The molecule has 0 spiro atoms. The lowest BCUT2D eigenvalue weighted by molar-refractivity contribution is -0.253. The highest BCUT2D eigenvalue weighted by Gasteiger charge is 2.48. The molecule has 0 aliphatic carbocycles. The van der Waals surface area contributed by atoms with Gasteiger partial charge in [-0.1, -0.05) is 12.1 Å². The van der Waals surface area contributed by atoms with Crippen LogP contribution in [0.25, 0.3) is 0 Å². The first kappa shape index (κ1) is 18.2. The lowest BCUT2D eigenvalue weighted by atomic mass is 9.90. The minimum Gasteiger partial charge on any atom is -0.428 e. The van der Waals surface area contributed by atoms with Gasteiger partial charge in [-0.15, -0.1) is 0 Å². The fraction of sp³-hybridized carbons (Fsp3) is 0.562. The second-order valence-corrected chi connectivity index (χ2v) is 8.95. The molecule has 2 aliphatic heterocycles. The van der Waals surface area contributed by atoms with E-state index in [1.807, 2.05) is 0 Å². The number of sulfone groups is 1. The second kappa shape index (κ2) is 6.26. The molecule has 2 aliphatic rings. The minimum absolute atomic E-state index is 0.0475. The predicted molar refractivity (Wildman–Crippen MR) is 80.8 cm³/mol. The zero-order valence-corrected chi connectivity index (χ0v) is 13.8. The summed E-state index contributed by atoms with van der Waals surface area (Å²) in [6.45, 7) is 0. The van der Waals surface area contributed by atoms with Crippen LogP contribution in [-0.4, -0.2) is 37.2 Å². The number of hydrogen-bond donors (Lipinski definition) is 0. The second-order valence-electron chi connectivity index (χ2n) is 6.44. The van der Waals surface area contributed by atoms with Gasteiger partial charge >= 0.3 is 12.5 Å². The normalized spacial score (nSPS) is 28.1. The van der Waals surface area contributed by atoms with Crippen LogP contribution in [0.4, 0.5) is 17.6 Å². The average Bonchev–Trinajstić information content (AvgIpc) is 2.72. The Kier molecular flexibility index (Phi) is 4.55. The highest BCUT2D eigenvalue weighted by atomic mass is 32.2. The highest BCUT2D eigenvalue weighted by Crippen LogP contribution is 2.42. The first-order valence-corrected chi connectivity index (χ1v) is 9.44. The maximum Gasteiger partial charge on any atom is 0.461 e. The van der Waals surface area contributed by atoms with E-state index in [0.29, 0.717) is 12.8 Å². The number of carbonyl (C=O) groups is 1. The van der Waals surface area contributed by atoms with E-state index in [2.05, 4.69) is 4.74 Å². The van der Waals surface area contributed by atoms with Crippen molar-refractivity contribution < 1.29 is 35.5 Å². The molecule has 25 heavy (non-hydrogen) atoms. The van der Waals surface area contributed by atoms with Crippen molar-refractivity contribution in [3.63, 3.8) is 0 Å². The summed E-state index contributed by atoms with van der Waals surface area (Å²) in [4.78, 5) is 12.6. The molecule has 0 aromatic heterocycles. The highest BCUT2D eigenvalue weighted by molar-refractivity contribution is 7.93. The molecule has 1 aromatic rings. The van der Waals surface area contributed by atoms with Gasteiger partial charge < -0.3 is 4.74 Å². The number of rotatable bonds is 5. The molecule has 0 N–H and O–H groups in total. The lowest BCUT2D eigenvalue weighted by Gasteiger charge is -2.27. The Morgan fingerprint density at radius 1 is 1.16 bits per heavy atom. The summed E-state index contributed by atoms with van der Waals surface area (Å²) >= 11 is 0. The monoisotopic (exact) mass is 380 g/mol. The molecular weight excluding hydrogens is 364 g/mol. The van der Waals surface area contributed by atoms with E-state index in [9.17, 15) is 30.8 Å². The summed E-state index contributed by atoms with van der Waals surface area (Å²) in [5, 5.41) is -1.08. The van der Waals surface area contributed by atoms with Crippen molar-refractivity contribution in [2.45, 2.75) is 48.7 Å². The van der Waals surface area contributed by atoms with Crippen molar-refractivity contribution in [3.8, 4) is 5.75 Å². The van der Waals surface area contributed by atoms with Crippen LogP contribution in [0.15, 0.2) is 24.3 Å². The van der Waals surface area contributed by atoms with Crippen molar-refractivity contribution >= 4 is 15.6 Å². The van der Waals surface area contributed by atoms with Gasteiger partial charge in [-0.3, -0.25) is 4.79 Å². The van der Waals surface area contributed by atoms with E-state index < -0.39 is 44.5 Å². The van der Waals surface area contributed by atoms with Gasteiger partial charge in [0.05, 0.1) is 10.5 Å². The topological polar surface area (TPSA) is 60.4 Å². The first-order chi connectivity index (χ1) is 11.6. The molecule has 0 amide bonds. The number of ether oxygens (including phenoxy) is 1. The predicted octanol–water partition coefficient (Wildman–Crippen LogP) is 3.46. The van der Waals surface area contributed by atoms with Crippen LogP contribution in [0.5, 0.6) is 5.75 Å². The number of fused-ring (bicyclic) bond motifs is 2. The zero-order valence-electron chi connectivity index (χ0n) is 13.0. The maximum atomic E-state index is 13.0. The van der Waals surface area contributed by atoms with E-state index >= 15 is 0 Å². The van der Waals surface area contributed by atoms with E-state index in [0.717, 1.165) is 12.1 Å². The molecule has 138 valence electrons. The molecule has 0 saturated carbocycles. The summed E-state index contributed by atoms with van der Waals surface area (Å²) in [7, 11) is -3.18. The van der Waals surface area contributed by atoms with Crippen LogP contribution in [-0.2, 0) is 9.84 Å². The van der Waals surface area contributed by atoms with Gasteiger partial charge in [-0.05, 0) is 37.8 Å². The number of benzene rings is 1. The molecule has 1 aromatic carbocycles. The van der Waals surface area contributed by atoms with Gasteiger partial charge in [0.1, 0.15) is 5.75 Å². The number of ketones is 1. The van der Waals surface area contributed by atoms with Gasteiger partial charge in [-0.2, -0.15) is 17.6 Å². The van der Waals surface area contributed by atoms with Gasteiger partial charge in [0.15, 0.2) is 15.6 Å². The summed E-state index contributed by atoms with van der Waals surface area (Å²) in [6.07, 6.45) is -7.18. The van der Waals surface area contributed by atoms with Crippen molar-refractivity contribution in [1.29, 1.82) is 0 Å². The molecule has 2 unspecified atom stereocenters. The molecule has 2 atom stereocenters. The van der Waals surface area contributed by atoms with Crippen LogP contribution in [0, 0.1) is 5.92 Å². The van der Waals surface area contributed by atoms with E-state index in [1.54, 1.807) is 0 Å². The SMILES string of the molecule is O=C(c1cccc(OC(F)(F)C(F)F)c1)C1CC2CCC(C1)S2(=O)=O. The van der Waals surface area contributed by atoms with Crippen molar-refractivity contribution in [3.05, 3.63) is 29.8 Å². The molecule has 0 radical (unpaired) electrons. The molecule has 2 bridgehead atoms. The Morgan fingerprint density at radius 3 is 2.32 bits per heavy atom. The molecule has 2 heterocycles. The van der Waals surface area contributed by atoms with Crippen LogP contribution < -0.4 is 4.74 Å². The largest absolute Gasteiger partial charge is 0.461 e. The van der Waals surface area contributed by atoms with Gasteiger partial charge in [0, 0.05) is 11.5 Å². The standard InChI is InChI=1S/C16H16F4O4S/c17-15(18)16(19,20)24-11-3-1-2-9(6-11)14(21)10-7-12-4-5-13(8-10)25(12,22)23/h1-3,6,10,12-13,15H,4-5,7-8H2. The third-order valence-corrected chi connectivity index (χ3v) is 7.55. The van der Waals surface area contributed by atoms with E-state index in [-0.39, 0.29) is 24.2 Å². The average molecular weight is 380 g/mol. The molecule has 2 saturated heterocycles. The summed E-state index contributed by atoms with van der Waals surface area (Å²) in [5.41, 5.74) is 0.0475. The van der Waals surface area contributed by atoms with Crippen molar-refractivity contribution in [2.24, 2.45) is 5.92 Å². The Labute approximate surface area is 142 Å². The van der Waals surface area contributed by atoms with Crippen LogP contribution >= 0.6 is 0 Å². The number of alkyl halides is 4. The number of hydrogen-bond acceptors (Lipinski definition) is 4. The van der Waals surface area contributed by atoms with Crippen molar-refractivity contribution in [1.82, 2.24) is 0 Å². The quantitative estimate of drug-likeness (QED) is 0.580. The fourth-order valence-corrected chi connectivity index (χ4v) is 6.05. The summed E-state index contributed by atoms with van der Waals surface area (Å²) < 4.78 is 78.5. The third-order valence-electron chi connectivity index (χ3n) is 4.83. The summed E-state index contributed by atoms with van der Waals surface area (Å²) in [5.74, 6) is -1.44. The number of halogens is 4. The molecule has 4 nitrogen and oxygen atoms in total. The Bertz CT molecular complexity index is 758. The van der Waals surface area contributed by atoms with Gasteiger partial charge in [-0.25, -0.2) is 8.42 Å². The van der Waals surface area contributed by atoms with Crippen LogP contribution in [0.1, 0.15) is 36.0 Å². The third kappa shape index (κ3) is 3.38.